The lowest BCUT2D eigenvalue weighted by Crippen LogP contribution is -2.30. The normalized spacial score (nSPS) is 14.6. The van der Waals surface area contributed by atoms with Crippen LogP contribution in [0, 0.1) is 0 Å². The molecule has 35 heavy (non-hydrogen) atoms. The van der Waals surface area contributed by atoms with Crippen molar-refractivity contribution in [2.75, 3.05) is 31.8 Å². The van der Waals surface area contributed by atoms with Gasteiger partial charge in [-0.05, 0) is 67.7 Å². The van der Waals surface area contributed by atoms with Crippen LogP contribution in [0.25, 0.3) is 17.0 Å². The number of fused-ring (bicyclic) bond motifs is 1. The van der Waals surface area contributed by atoms with Gasteiger partial charge in [0.05, 0.1) is 18.9 Å². The van der Waals surface area contributed by atoms with Gasteiger partial charge in [0, 0.05) is 40.8 Å². The van der Waals surface area contributed by atoms with E-state index in [0.29, 0.717) is 36.3 Å². The molecule has 2 heterocycles. The minimum atomic E-state index is -0.257. The van der Waals surface area contributed by atoms with Gasteiger partial charge in [0.2, 0.25) is 5.91 Å². The molecule has 1 saturated heterocycles. The summed E-state index contributed by atoms with van der Waals surface area (Å²) in [4.78, 5) is 27.1. The third-order valence-electron chi connectivity index (χ3n) is 5.40. The fraction of sp³-hybridized carbons (Fsp3) is 0.240. The number of anilines is 1. The fourth-order valence-corrected chi connectivity index (χ4v) is 4.49. The Balaban J connectivity index is 1.62. The average molecular weight is 557 g/mol. The molecule has 2 N–H and O–H groups in total. The van der Waals surface area contributed by atoms with Crippen LogP contribution in [-0.2, 0) is 20.9 Å². The van der Waals surface area contributed by atoms with Gasteiger partial charge in [0.25, 0.3) is 5.91 Å². The van der Waals surface area contributed by atoms with E-state index in [9.17, 15) is 9.59 Å². The molecule has 1 aliphatic rings. The van der Waals surface area contributed by atoms with Crippen LogP contribution in [0.4, 0.5) is 5.69 Å². The first kappa shape index (κ1) is 24.9. The van der Waals surface area contributed by atoms with Gasteiger partial charge in [-0.1, -0.05) is 15.9 Å². The highest BCUT2D eigenvalue weighted by Gasteiger charge is 2.32. The highest BCUT2D eigenvalue weighted by molar-refractivity contribution is 9.10. The summed E-state index contributed by atoms with van der Waals surface area (Å²) in [6.45, 7) is 3.50. The Kier molecular flexibility index (Phi) is 7.84. The van der Waals surface area contributed by atoms with Crippen molar-refractivity contribution in [3.8, 4) is 5.75 Å². The van der Waals surface area contributed by atoms with Gasteiger partial charge in [-0.25, -0.2) is 0 Å². The second-order valence-corrected chi connectivity index (χ2v) is 9.07. The molecule has 1 aromatic heterocycles. The molecule has 182 valence electrons. The third kappa shape index (κ3) is 5.55. The molecular weight excluding hydrogens is 532 g/mol. The van der Waals surface area contributed by atoms with Gasteiger partial charge >= 0.3 is 0 Å². The third-order valence-corrected chi connectivity index (χ3v) is 6.18. The predicted molar refractivity (Wildman–Crippen MR) is 143 cm³/mol. The minimum absolute atomic E-state index is 0.126. The number of benzene rings is 2. The van der Waals surface area contributed by atoms with E-state index in [1.54, 1.807) is 37.5 Å². The number of halogens is 1. The molecule has 8 nitrogen and oxygen atoms in total. The van der Waals surface area contributed by atoms with E-state index in [1.807, 2.05) is 35.9 Å². The van der Waals surface area contributed by atoms with Crippen LogP contribution in [-0.4, -0.2) is 48.4 Å². The van der Waals surface area contributed by atoms with Gasteiger partial charge in [-0.2, -0.15) is 0 Å². The lowest BCUT2D eigenvalue weighted by molar-refractivity contribution is -0.121. The van der Waals surface area contributed by atoms with E-state index in [4.69, 9.17) is 21.7 Å². The summed E-state index contributed by atoms with van der Waals surface area (Å²) >= 11 is 8.97. The minimum Gasteiger partial charge on any atom is -0.494 e. The molecule has 0 saturated carbocycles. The van der Waals surface area contributed by atoms with Crippen LogP contribution < -0.4 is 20.3 Å². The summed E-state index contributed by atoms with van der Waals surface area (Å²) in [6.07, 6.45) is 3.62. The van der Waals surface area contributed by atoms with Crippen molar-refractivity contribution in [3.63, 3.8) is 0 Å². The highest BCUT2D eigenvalue weighted by atomic mass is 79.9. The number of thiocarbonyl (C=S) groups is 1. The summed E-state index contributed by atoms with van der Waals surface area (Å²) in [6, 6.07) is 13.0. The number of amides is 2. The van der Waals surface area contributed by atoms with E-state index < -0.39 is 0 Å². The van der Waals surface area contributed by atoms with E-state index in [1.165, 1.54) is 4.90 Å². The van der Waals surface area contributed by atoms with Crippen molar-refractivity contribution in [3.05, 3.63) is 64.4 Å². The number of rotatable bonds is 9. The smallest absolute Gasteiger partial charge is 0.281 e. The second-order valence-electron chi connectivity index (χ2n) is 7.77. The van der Waals surface area contributed by atoms with E-state index in [2.05, 4.69) is 26.6 Å². The molecule has 0 radical (unpaired) electrons. The number of methoxy groups -OCH3 is 1. The van der Waals surface area contributed by atoms with Gasteiger partial charge < -0.3 is 24.7 Å². The molecule has 1 aliphatic heterocycles. The predicted octanol–water partition coefficient (Wildman–Crippen LogP) is 3.83. The Hall–Kier alpha value is -3.21. The molecule has 3 aromatic rings. The topological polar surface area (TPSA) is 84.8 Å². The number of hydrogen-bond acceptors (Lipinski definition) is 5. The molecule has 0 aliphatic carbocycles. The van der Waals surface area contributed by atoms with Crippen LogP contribution in [0.2, 0.25) is 0 Å². The van der Waals surface area contributed by atoms with Gasteiger partial charge in [0.1, 0.15) is 18.0 Å². The lowest BCUT2D eigenvalue weighted by atomic mass is 10.1. The van der Waals surface area contributed by atoms with Crippen molar-refractivity contribution in [2.45, 2.75) is 13.5 Å². The maximum atomic E-state index is 13.3. The summed E-state index contributed by atoms with van der Waals surface area (Å²) in [5.41, 5.74) is 2.67. The maximum absolute atomic E-state index is 13.3. The molecular formula is C25H25BrN4O4S. The SMILES string of the molecule is CCOc1ccc(N2C(=O)/C(=C/c3cn(CC(=O)NCCOC)c4ccc(Br)cc34)NC2=S)cc1. The molecule has 0 unspecified atom stereocenters. The summed E-state index contributed by atoms with van der Waals surface area (Å²) < 4.78 is 13.2. The Bertz CT molecular complexity index is 1300. The number of hydrogen-bond donors (Lipinski definition) is 2. The van der Waals surface area contributed by atoms with Crippen LogP contribution >= 0.6 is 28.1 Å². The number of carbonyl (C=O) groups is 2. The van der Waals surface area contributed by atoms with Crippen molar-refractivity contribution in [1.82, 2.24) is 15.2 Å². The zero-order valence-corrected chi connectivity index (χ0v) is 21.7. The van der Waals surface area contributed by atoms with Crippen molar-refractivity contribution in [1.29, 1.82) is 0 Å². The molecule has 4 rings (SSSR count). The van der Waals surface area contributed by atoms with Crippen molar-refractivity contribution < 1.29 is 19.1 Å². The van der Waals surface area contributed by atoms with E-state index in [-0.39, 0.29) is 18.4 Å². The Morgan fingerprint density at radius 3 is 2.71 bits per heavy atom. The largest absolute Gasteiger partial charge is 0.494 e. The molecule has 0 spiro atoms. The summed E-state index contributed by atoms with van der Waals surface area (Å²) in [5, 5.41) is 7.06. The average Bonchev–Trinajstić information content (AvgIpc) is 3.30. The van der Waals surface area contributed by atoms with Gasteiger partial charge in [-0.15, -0.1) is 0 Å². The van der Waals surface area contributed by atoms with Crippen LogP contribution in [0.15, 0.2) is 58.8 Å². The van der Waals surface area contributed by atoms with E-state index >= 15 is 0 Å². The molecule has 2 amide bonds. The first-order valence-electron chi connectivity index (χ1n) is 11.0. The monoisotopic (exact) mass is 556 g/mol. The van der Waals surface area contributed by atoms with Crippen LogP contribution in [0.1, 0.15) is 12.5 Å². The summed E-state index contributed by atoms with van der Waals surface area (Å²) in [7, 11) is 1.59. The quantitative estimate of drug-likeness (QED) is 0.237. The fourth-order valence-electron chi connectivity index (χ4n) is 3.83. The number of ether oxygens (including phenoxy) is 2. The highest BCUT2D eigenvalue weighted by Crippen LogP contribution is 2.29. The second kappa shape index (κ2) is 11.0. The number of aromatic nitrogens is 1. The molecule has 1 fully saturated rings. The zero-order chi connectivity index (χ0) is 24.9. The Morgan fingerprint density at radius 2 is 2.00 bits per heavy atom. The van der Waals surface area contributed by atoms with Gasteiger partial charge in [-0.3, -0.25) is 14.5 Å². The first-order chi connectivity index (χ1) is 16.9. The first-order valence-corrected chi connectivity index (χ1v) is 12.3. The lowest BCUT2D eigenvalue weighted by Gasteiger charge is -2.14. The molecule has 0 atom stereocenters. The van der Waals surface area contributed by atoms with Gasteiger partial charge in [0.15, 0.2) is 5.11 Å². The number of nitrogens with one attached hydrogen (secondary N) is 2. The Morgan fingerprint density at radius 1 is 1.23 bits per heavy atom. The van der Waals surface area contributed by atoms with E-state index in [0.717, 1.165) is 26.7 Å². The molecule has 2 aromatic carbocycles. The standard InChI is InChI=1S/C25H25BrN4O4S/c1-3-34-19-7-5-18(6-8-19)30-24(32)21(28-25(30)35)12-16-14-29(15-23(31)27-10-11-33-2)22-9-4-17(26)13-20(16)22/h4-9,12-14H,3,10-11,15H2,1-2H3,(H,27,31)(H,28,35)/b21-12-. The van der Waals surface area contributed by atoms with Crippen molar-refractivity contribution >= 4 is 67.7 Å². The van der Waals surface area contributed by atoms with Crippen LogP contribution in [0.3, 0.4) is 0 Å². The molecule has 0 bridgehead atoms. The number of nitrogens with zero attached hydrogens (tertiary/aromatic N) is 2. The van der Waals surface area contributed by atoms with Crippen molar-refractivity contribution in [2.24, 2.45) is 0 Å². The maximum Gasteiger partial charge on any atom is 0.281 e. The van der Waals surface area contributed by atoms with Crippen LogP contribution in [0.5, 0.6) is 5.75 Å². The number of carbonyl (C=O) groups excluding carboxylic acids is 2. The summed E-state index contributed by atoms with van der Waals surface area (Å²) in [5.74, 6) is 0.341. The molecule has 10 heteroatoms. The Labute approximate surface area is 217 Å². The zero-order valence-electron chi connectivity index (χ0n) is 19.3.